The van der Waals surface area contributed by atoms with Gasteiger partial charge in [0.05, 0.1) is 33.4 Å². The molecule has 10 nitrogen and oxygen atoms in total. The smallest absolute Gasteiger partial charge is 0.410 e. The van der Waals surface area contributed by atoms with Crippen LogP contribution in [0.5, 0.6) is 11.5 Å². The maximum atomic E-state index is 15.2. The fraction of sp³-hybridized carbons (Fsp3) is 0.469. The molecule has 3 aromatic rings. The van der Waals surface area contributed by atoms with Gasteiger partial charge in [0, 0.05) is 37.1 Å². The number of phenolic OH excluding ortho intramolecular Hbond substituents is 1. The van der Waals surface area contributed by atoms with Crippen LogP contribution < -0.4 is 15.2 Å². The fourth-order valence-electron chi connectivity index (χ4n) is 6.20. The minimum atomic E-state index is -0.704. The van der Waals surface area contributed by atoms with Crippen molar-refractivity contribution >= 4 is 34.3 Å². The summed E-state index contributed by atoms with van der Waals surface area (Å²) in [4.78, 5) is 32.8. The number of hydrogen-bond donors (Lipinski definition) is 1. The first-order valence-corrected chi connectivity index (χ1v) is 14.9. The second kappa shape index (κ2) is 11.5. The van der Waals surface area contributed by atoms with Crippen molar-refractivity contribution < 1.29 is 23.8 Å². The molecule has 0 spiro atoms. The van der Waals surface area contributed by atoms with Crippen molar-refractivity contribution in [1.29, 1.82) is 5.26 Å². The van der Waals surface area contributed by atoms with E-state index in [-0.39, 0.29) is 58.4 Å². The van der Waals surface area contributed by atoms with Crippen molar-refractivity contribution in [2.24, 2.45) is 0 Å². The largest absolute Gasteiger partial charge is 0.507 e. The number of halogens is 2. The van der Waals surface area contributed by atoms with E-state index in [0.29, 0.717) is 29.7 Å². The molecule has 1 N–H and O–H groups in total. The van der Waals surface area contributed by atoms with Gasteiger partial charge in [-0.1, -0.05) is 17.7 Å². The number of amides is 1. The summed E-state index contributed by atoms with van der Waals surface area (Å²) in [5, 5.41) is 21.7. The van der Waals surface area contributed by atoms with Crippen molar-refractivity contribution in [2.75, 3.05) is 45.2 Å². The van der Waals surface area contributed by atoms with Crippen molar-refractivity contribution in [1.82, 2.24) is 14.4 Å². The third-order valence-electron chi connectivity index (χ3n) is 7.99. The number of carbonyl (C=O) groups is 1. The predicted molar refractivity (Wildman–Crippen MR) is 167 cm³/mol. The summed E-state index contributed by atoms with van der Waals surface area (Å²) in [5.41, 5.74) is -0.521. The summed E-state index contributed by atoms with van der Waals surface area (Å²) in [6.07, 6.45) is -0.439. The number of phenols is 1. The molecular formula is C32H37ClFN5O5. The number of rotatable bonds is 4. The van der Waals surface area contributed by atoms with Gasteiger partial charge in [-0.05, 0) is 66.9 Å². The molecule has 5 rings (SSSR count). The van der Waals surface area contributed by atoms with Gasteiger partial charge in [-0.15, -0.1) is 0 Å². The second-order valence-corrected chi connectivity index (χ2v) is 13.2. The monoisotopic (exact) mass is 625 g/mol. The number of aromatic nitrogens is 1. The van der Waals surface area contributed by atoms with Crippen LogP contribution in [0.3, 0.4) is 0 Å². The Balaban J connectivity index is 1.78. The van der Waals surface area contributed by atoms with E-state index in [4.69, 9.17) is 21.1 Å². The molecule has 2 aromatic carbocycles. The van der Waals surface area contributed by atoms with Crippen molar-refractivity contribution in [2.45, 2.75) is 58.3 Å². The normalized spacial score (nSPS) is 20.1. The van der Waals surface area contributed by atoms with Crippen LogP contribution in [-0.2, 0) is 4.74 Å². The number of aromatic hydroxyl groups is 1. The molecular weight excluding hydrogens is 589 g/mol. The fourth-order valence-corrected chi connectivity index (χ4v) is 6.49. The summed E-state index contributed by atoms with van der Waals surface area (Å²) in [6, 6.07) is 6.61. The number of likely N-dealkylation sites (N-methyl/N-ethyl adjacent to an activating group) is 1. The van der Waals surface area contributed by atoms with Gasteiger partial charge in [-0.2, -0.15) is 5.26 Å². The Hall–Kier alpha value is -4.01. The third-order valence-corrected chi connectivity index (χ3v) is 8.29. The topological polar surface area (TPSA) is 111 Å². The van der Waals surface area contributed by atoms with E-state index in [9.17, 15) is 20.0 Å². The Morgan fingerprint density at radius 3 is 2.55 bits per heavy atom. The second-order valence-electron chi connectivity index (χ2n) is 12.8. The van der Waals surface area contributed by atoms with E-state index in [1.807, 2.05) is 58.5 Å². The molecule has 1 saturated heterocycles. The molecule has 0 aliphatic carbocycles. The van der Waals surface area contributed by atoms with Gasteiger partial charge in [0.25, 0.3) is 5.56 Å². The number of pyridine rings is 1. The SMILES string of the molecule is C[C@H]1CN(c2c(C#N)c(=O)n3c4c(c(-c5c(O)cccc5F)c(Cl)cc24)OC[C@@H]3CN(C)C)[C@@H](C)CN1C(=O)OC(C)(C)C. The van der Waals surface area contributed by atoms with Gasteiger partial charge >= 0.3 is 6.09 Å². The maximum absolute atomic E-state index is 15.2. The molecule has 234 valence electrons. The van der Waals surface area contributed by atoms with E-state index >= 15 is 4.39 Å². The zero-order valence-corrected chi connectivity index (χ0v) is 26.7. The van der Waals surface area contributed by atoms with Gasteiger partial charge in [-0.3, -0.25) is 9.36 Å². The Morgan fingerprint density at radius 1 is 1.23 bits per heavy atom. The zero-order valence-electron chi connectivity index (χ0n) is 25.9. The number of nitrogens with zero attached hydrogens (tertiary/aromatic N) is 5. The summed E-state index contributed by atoms with van der Waals surface area (Å²) >= 11 is 6.88. The van der Waals surface area contributed by atoms with Crippen LogP contribution in [0.2, 0.25) is 5.02 Å². The van der Waals surface area contributed by atoms with Crippen molar-refractivity contribution in [3.8, 4) is 28.7 Å². The molecule has 12 heteroatoms. The van der Waals surface area contributed by atoms with Crippen LogP contribution in [-0.4, -0.2) is 83.6 Å². The van der Waals surface area contributed by atoms with Crippen LogP contribution >= 0.6 is 11.6 Å². The summed E-state index contributed by atoms with van der Waals surface area (Å²) in [5.74, 6) is -0.881. The Kier molecular flexibility index (Phi) is 8.20. The lowest BCUT2D eigenvalue weighted by Crippen LogP contribution is -2.59. The highest BCUT2D eigenvalue weighted by atomic mass is 35.5. The van der Waals surface area contributed by atoms with Crippen molar-refractivity contribution in [3.05, 3.63) is 51.0 Å². The zero-order chi connectivity index (χ0) is 32.2. The lowest BCUT2D eigenvalue weighted by Gasteiger charge is -2.46. The van der Waals surface area contributed by atoms with Crippen LogP contribution in [0, 0.1) is 17.1 Å². The third kappa shape index (κ3) is 5.41. The molecule has 2 aliphatic rings. The molecule has 44 heavy (non-hydrogen) atoms. The molecule has 2 aliphatic heterocycles. The van der Waals surface area contributed by atoms with Crippen LogP contribution in [0.15, 0.2) is 29.1 Å². The number of benzene rings is 2. The number of carbonyl (C=O) groups excluding carboxylic acids is 1. The lowest BCUT2D eigenvalue weighted by atomic mass is 9.95. The molecule has 0 bridgehead atoms. The molecule has 0 saturated carbocycles. The number of nitriles is 1. The summed E-state index contributed by atoms with van der Waals surface area (Å²) < 4.78 is 28.7. The average molecular weight is 626 g/mol. The van der Waals surface area contributed by atoms with Crippen molar-refractivity contribution in [3.63, 3.8) is 0 Å². The molecule has 1 fully saturated rings. The van der Waals surface area contributed by atoms with E-state index in [2.05, 4.69) is 6.07 Å². The first kappa shape index (κ1) is 31.4. The van der Waals surface area contributed by atoms with Gasteiger partial charge in [-0.25, -0.2) is 9.18 Å². The first-order chi connectivity index (χ1) is 20.6. The van der Waals surface area contributed by atoms with E-state index in [1.165, 1.54) is 18.2 Å². The highest BCUT2D eigenvalue weighted by Gasteiger charge is 2.39. The maximum Gasteiger partial charge on any atom is 0.410 e. The Morgan fingerprint density at radius 2 is 1.93 bits per heavy atom. The standard InChI is InChI=1S/C32H37ClFN5O5/c1-17-14-38(31(42)44-32(3,4)5)18(2)13-37(17)27-20-11-22(33)25(26-23(34)9-8-10-24(26)40)29-28(20)39(30(41)21(27)12-35)19(16-43-29)15-36(6)7/h8-11,17-19,40H,13-16H2,1-7H3/t17-,18-,19-/m0/s1. The van der Waals surface area contributed by atoms with E-state index < -0.39 is 29.1 Å². The molecule has 3 atom stereocenters. The minimum absolute atomic E-state index is 0.0589. The summed E-state index contributed by atoms with van der Waals surface area (Å²) in [7, 11) is 3.74. The van der Waals surface area contributed by atoms with Gasteiger partial charge in [0.1, 0.15) is 35.4 Å². The highest BCUT2D eigenvalue weighted by Crippen LogP contribution is 2.50. The van der Waals surface area contributed by atoms with Gasteiger partial charge in [0.15, 0.2) is 5.75 Å². The molecule has 0 radical (unpaired) electrons. The predicted octanol–water partition coefficient (Wildman–Crippen LogP) is 5.37. The molecule has 1 amide bonds. The Bertz CT molecular complexity index is 1720. The lowest BCUT2D eigenvalue weighted by molar-refractivity contribution is 0.0130. The molecule has 0 unspecified atom stereocenters. The van der Waals surface area contributed by atoms with E-state index in [0.717, 1.165) is 0 Å². The molecule has 1 aromatic heterocycles. The van der Waals surface area contributed by atoms with Gasteiger partial charge < -0.3 is 29.3 Å². The van der Waals surface area contributed by atoms with Gasteiger partial charge in [0.2, 0.25) is 0 Å². The van der Waals surface area contributed by atoms with Crippen LogP contribution in [0.1, 0.15) is 46.2 Å². The first-order valence-electron chi connectivity index (χ1n) is 14.5. The molecule has 3 heterocycles. The number of piperazine rings is 1. The summed E-state index contributed by atoms with van der Waals surface area (Å²) in [6.45, 7) is 10.3. The number of anilines is 1. The highest BCUT2D eigenvalue weighted by molar-refractivity contribution is 6.35. The average Bonchev–Trinajstić information content (AvgIpc) is 2.91. The van der Waals surface area contributed by atoms with Crippen LogP contribution in [0.25, 0.3) is 22.0 Å². The minimum Gasteiger partial charge on any atom is -0.507 e. The quantitative estimate of drug-likeness (QED) is 0.412. The number of hydrogen-bond acceptors (Lipinski definition) is 8. The number of ether oxygens (including phenoxy) is 2. The van der Waals surface area contributed by atoms with E-state index in [1.54, 1.807) is 15.5 Å². The van der Waals surface area contributed by atoms with Crippen LogP contribution in [0.4, 0.5) is 14.9 Å². The Labute approximate surface area is 260 Å².